The second-order valence-electron chi connectivity index (χ2n) is 5.11. The summed E-state index contributed by atoms with van der Waals surface area (Å²) in [4.78, 5) is 17.7. The van der Waals surface area contributed by atoms with Gasteiger partial charge in [-0.05, 0) is 40.9 Å². The van der Waals surface area contributed by atoms with E-state index < -0.39 is 0 Å². The SMILES string of the molecule is C=CC(=O)N1CCC[C@@H](n2nc(Br)c3c(N)nccc32)C1. The van der Waals surface area contributed by atoms with Crippen molar-refractivity contribution in [2.75, 3.05) is 18.8 Å². The molecule has 0 bridgehead atoms. The summed E-state index contributed by atoms with van der Waals surface area (Å²) in [6.07, 6.45) is 4.97. The third kappa shape index (κ3) is 2.42. The molecule has 1 amide bonds. The summed E-state index contributed by atoms with van der Waals surface area (Å²) in [5, 5.41) is 5.37. The van der Waals surface area contributed by atoms with Crippen molar-refractivity contribution >= 4 is 38.6 Å². The molecule has 6 nitrogen and oxygen atoms in total. The highest BCUT2D eigenvalue weighted by Gasteiger charge is 2.26. The van der Waals surface area contributed by atoms with Crippen LogP contribution in [0, 0.1) is 0 Å². The maximum Gasteiger partial charge on any atom is 0.246 e. The summed E-state index contributed by atoms with van der Waals surface area (Å²) >= 11 is 3.44. The third-order valence-corrected chi connectivity index (χ3v) is 4.39. The molecule has 2 N–H and O–H groups in total. The molecule has 1 aliphatic rings. The average molecular weight is 350 g/mol. The van der Waals surface area contributed by atoms with E-state index in [1.54, 1.807) is 6.20 Å². The fourth-order valence-corrected chi connectivity index (χ4v) is 3.41. The molecule has 0 radical (unpaired) electrons. The molecular weight excluding hydrogens is 334 g/mol. The van der Waals surface area contributed by atoms with Crippen molar-refractivity contribution in [1.82, 2.24) is 19.7 Å². The van der Waals surface area contributed by atoms with E-state index in [-0.39, 0.29) is 11.9 Å². The molecule has 2 aromatic heterocycles. The van der Waals surface area contributed by atoms with Crippen LogP contribution in [0.5, 0.6) is 0 Å². The van der Waals surface area contributed by atoms with E-state index in [0.717, 1.165) is 30.3 Å². The van der Waals surface area contributed by atoms with Crippen molar-refractivity contribution in [2.45, 2.75) is 18.9 Å². The van der Waals surface area contributed by atoms with Crippen LogP contribution in [0.4, 0.5) is 5.82 Å². The van der Waals surface area contributed by atoms with Gasteiger partial charge in [0.15, 0.2) is 0 Å². The quantitative estimate of drug-likeness (QED) is 0.842. The lowest BCUT2D eigenvalue weighted by Gasteiger charge is -2.32. The number of hydrogen-bond donors (Lipinski definition) is 1. The van der Waals surface area contributed by atoms with Crippen LogP contribution in [0.2, 0.25) is 0 Å². The number of fused-ring (bicyclic) bond motifs is 1. The minimum Gasteiger partial charge on any atom is -0.383 e. The molecule has 0 aliphatic carbocycles. The molecule has 3 rings (SSSR count). The summed E-state index contributed by atoms with van der Waals surface area (Å²) in [7, 11) is 0. The Morgan fingerprint density at radius 2 is 2.38 bits per heavy atom. The van der Waals surface area contributed by atoms with Gasteiger partial charge in [0.1, 0.15) is 10.4 Å². The van der Waals surface area contributed by atoms with Crippen LogP contribution in [0.25, 0.3) is 10.9 Å². The minimum absolute atomic E-state index is 0.0311. The highest BCUT2D eigenvalue weighted by atomic mass is 79.9. The van der Waals surface area contributed by atoms with Crippen molar-refractivity contribution in [1.29, 1.82) is 0 Å². The lowest BCUT2D eigenvalue weighted by molar-refractivity contribution is -0.127. The molecule has 2 aromatic rings. The van der Waals surface area contributed by atoms with E-state index in [4.69, 9.17) is 5.73 Å². The molecule has 0 aromatic carbocycles. The zero-order chi connectivity index (χ0) is 15.0. The Kier molecular flexibility index (Phi) is 3.67. The molecule has 110 valence electrons. The maximum atomic E-state index is 11.8. The predicted molar refractivity (Wildman–Crippen MR) is 84.7 cm³/mol. The topological polar surface area (TPSA) is 77.0 Å². The van der Waals surface area contributed by atoms with Gasteiger partial charge in [-0.1, -0.05) is 6.58 Å². The van der Waals surface area contributed by atoms with Crippen LogP contribution >= 0.6 is 15.9 Å². The van der Waals surface area contributed by atoms with Crippen LogP contribution in [0.15, 0.2) is 29.5 Å². The first kappa shape index (κ1) is 14.1. The van der Waals surface area contributed by atoms with Crippen LogP contribution < -0.4 is 5.73 Å². The van der Waals surface area contributed by atoms with Gasteiger partial charge in [-0.2, -0.15) is 5.10 Å². The fraction of sp³-hybridized carbons (Fsp3) is 0.357. The molecule has 1 aliphatic heterocycles. The number of nitrogen functional groups attached to an aromatic ring is 1. The first-order valence-corrected chi connectivity index (χ1v) is 7.60. The van der Waals surface area contributed by atoms with E-state index in [9.17, 15) is 4.79 Å². The normalized spacial score (nSPS) is 18.9. The summed E-state index contributed by atoms with van der Waals surface area (Å²) < 4.78 is 2.63. The summed E-state index contributed by atoms with van der Waals surface area (Å²) in [6, 6.07) is 2.04. The number of hydrogen-bond acceptors (Lipinski definition) is 4. The molecule has 0 spiro atoms. The van der Waals surface area contributed by atoms with E-state index in [1.165, 1.54) is 6.08 Å². The molecule has 1 atom stereocenters. The van der Waals surface area contributed by atoms with Gasteiger partial charge in [-0.3, -0.25) is 9.48 Å². The molecule has 0 unspecified atom stereocenters. The number of likely N-dealkylation sites (tertiary alicyclic amines) is 1. The Bertz CT molecular complexity index is 711. The minimum atomic E-state index is -0.0311. The number of halogens is 1. The number of piperidine rings is 1. The average Bonchev–Trinajstić information content (AvgIpc) is 2.85. The highest BCUT2D eigenvalue weighted by molar-refractivity contribution is 9.10. The standard InChI is InChI=1S/C14H16BrN5O/c1-2-11(21)19-7-3-4-9(8-19)20-10-5-6-17-14(16)12(10)13(15)18-20/h2,5-6,9H,1,3-4,7-8H2,(H2,16,17)/t9-/m1/s1. The molecule has 0 saturated carbocycles. The first-order chi connectivity index (χ1) is 10.1. The molecule has 21 heavy (non-hydrogen) atoms. The number of nitrogens with zero attached hydrogens (tertiary/aromatic N) is 4. The molecule has 7 heteroatoms. The Morgan fingerprint density at radius 3 is 3.14 bits per heavy atom. The Morgan fingerprint density at radius 1 is 1.57 bits per heavy atom. The zero-order valence-electron chi connectivity index (χ0n) is 11.5. The van der Waals surface area contributed by atoms with Crippen molar-refractivity contribution in [3.05, 3.63) is 29.5 Å². The number of pyridine rings is 1. The van der Waals surface area contributed by atoms with Gasteiger partial charge >= 0.3 is 0 Å². The van der Waals surface area contributed by atoms with Gasteiger partial charge in [0, 0.05) is 19.3 Å². The molecule has 3 heterocycles. The summed E-state index contributed by atoms with van der Waals surface area (Å²) in [5.74, 6) is 0.428. The summed E-state index contributed by atoms with van der Waals surface area (Å²) in [5.41, 5.74) is 6.86. The Labute approximate surface area is 130 Å². The lowest BCUT2D eigenvalue weighted by atomic mass is 10.1. The van der Waals surface area contributed by atoms with E-state index in [0.29, 0.717) is 17.0 Å². The van der Waals surface area contributed by atoms with E-state index >= 15 is 0 Å². The van der Waals surface area contributed by atoms with E-state index in [1.807, 2.05) is 15.6 Å². The van der Waals surface area contributed by atoms with Crippen LogP contribution in [0.1, 0.15) is 18.9 Å². The van der Waals surface area contributed by atoms with Gasteiger partial charge < -0.3 is 10.6 Å². The maximum absolute atomic E-state index is 11.8. The van der Waals surface area contributed by atoms with Gasteiger partial charge in [-0.25, -0.2) is 4.98 Å². The second kappa shape index (κ2) is 5.48. The van der Waals surface area contributed by atoms with Crippen LogP contribution in [-0.4, -0.2) is 38.7 Å². The molecular formula is C14H16BrN5O. The number of nitrogens with two attached hydrogens (primary N) is 1. The number of carbonyl (C=O) groups is 1. The third-order valence-electron chi connectivity index (χ3n) is 3.84. The van der Waals surface area contributed by atoms with Crippen LogP contribution in [0.3, 0.4) is 0 Å². The van der Waals surface area contributed by atoms with Gasteiger partial charge in [0.05, 0.1) is 16.9 Å². The number of amides is 1. The summed E-state index contributed by atoms with van der Waals surface area (Å²) in [6.45, 7) is 4.96. The largest absolute Gasteiger partial charge is 0.383 e. The predicted octanol–water partition coefficient (Wildman–Crippen LogP) is 2.13. The lowest BCUT2D eigenvalue weighted by Crippen LogP contribution is -2.40. The molecule has 1 saturated heterocycles. The van der Waals surface area contributed by atoms with Crippen molar-refractivity contribution in [3.63, 3.8) is 0 Å². The number of rotatable bonds is 2. The smallest absolute Gasteiger partial charge is 0.246 e. The van der Waals surface area contributed by atoms with Crippen molar-refractivity contribution in [2.24, 2.45) is 0 Å². The Balaban J connectivity index is 1.99. The van der Waals surface area contributed by atoms with Gasteiger partial charge in [0.25, 0.3) is 0 Å². The number of anilines is 1. The van der Waals surface area contributed by atoms with E-state index in [2.05, 4.69) is 32.6 Å². The van der Waals surface area contributed by atoms with Gasteiger partial charge in [-0.15, -0.1) is 0 Å². The first-order valence-electron chi connectivity index (χ1n) is 6.81. The van der Waals surface area contributed by atoms with Crippen molar-refractivity contribution in [3.8, 4) is 0 Å². The van der Waals surface area contributed by atoms with Crippen LogP contribution in [-0.2, 0) is 4.79 Å². The van der Waals surface area contributed by atoms with Crippen molar-refractivity contribution < 1.29 is 4.79 Å². The Hall–Kier alpha value is -1.89. The zero-order valence-corrected chi connectivity index (χ0v) is 13.1. The highest BCUT2D eigenvalue weighted by Crippen LogP contribution is 2.31. The number of carbonyl (C=O) groups excluding carboxylic acids is 1. The van der Waals surface area contributed by atoms with Gasteiger partial charge in [0.2, 0.25) is 5.91 Å². The monoisotopic (exact) mass is 349 g/mol. The molecule has 1 fully saturated rings. The fourth-order valence-electron chi connectivity index (χ4n) is 2.83. The second-order valence-corrected chi connectivity index (χ2v) is 5.86. The number of aromatic nitrogens is 3.